The van der Waals surface area contributed by atoms with E-state index >= 15 is 0 Å². The normalized spacial score (nSPS) is 24.0. The summed E-state index contributed by atoms with van der Waals surface area (Å²) in [4.78, 5) is 68.1. The van der Waals surface area contributed by atoms with Gasteiger partial charge in [-0.3, -0.25) is 24.0 Å². The lowest BCUT2D eigenvalue weighted by Crippen LogP contribution is -2.65. The number of unbranched alkanes of at least 4 members (excludes halogenated alkanes) is 1. The molecule has 2 aliphatic heterocycles. The zero-order chi connectivity index (χ0) is 32.4. The van der Waals surface area contributed by atoms with Crippen LogP contribution in [0.5, 0.6) is 5.75 Å². The predicted octanol–water partition coefficient (Wildman–Crippen LogP) is 1.67. The maximum atomic E-state index is 13.9. The Balaban J connectivity index is 1.49. The Kier molecular flexibility index (Phi) is 11.5. The lowest BCUT2D eigenvalue weighted by molar-refractivity contribution is -0.144. The van der Waals surface area contributed by atoms with E-state index in [-0.39, 0.29) is 37.9 Å². The van der Waals surface area contributed by atoms with Gasteiger partial charge in [0, 0.05) is 25.3 Å². The molecule has 0 aliphatic carbocycles. The first-order valence-corrected chi connectivity index (χ1v) is 15.5. The number of aliphatic hydroxyl groups excluding tert-OH is 1. The van der Waals surface area contributed by atoms with E-state index < -0.39 is 41.4 Å². The number of rotatable bonds is 11. The van der Waals surface area contributed by atoms with Gasteiger partial charge in [0.1, 0.15) is 29.4 Å². The second-order valence-corrected chi connectivity index (χ2v) is 11.7. The summed E-state index contributed by atoms with van der Waals surface area (Å²) in [5.41, 5.74) is 0.0599. The Morgan fingerprint density at radius 1 is 1.00 bits per heavy atom. The molecule has 2 aromatic carbocycles. The van der Waals surface area contributed by atoms with Crippen molar-refractivity contribution in [2.75, 3.05) is 25.1 Å². The standard InChI is InChI=1S/C33H43N5O7/c1-3-33(2)32(44)36-26(20-22-14-16-24(17-15-22)45-21-28(40)34-23-10-5-4-6-11-23)31(43)38-18-9-13-27(38)30(42)35-25(29(41)37-33)12-7-8-19-39/h4-6,10-11,14-17,25-27,39H,3,7-9,12-13,18-21H2,1-2H3,(H,34,40)(H,35,42)(H,36,44)(H,37,41)/t25-,26-,27+,33-/m0/s1. The number of ether oxygens (including phenoxy) is 1. The first-order chi connectivity index (χ1) is 21.6. The predicted molar refractivity (Wildman–Crippen MR) is 167 cm³/mol. The maximum Gasteiger partial charge on any atom is 0.262 e. The SMILES string of the molecule is CC[C@]1(C)NC(=O)[C@H](CCCCO)NC(=O)[C@H]2CCCN2C(=O)[C@H](Cc2ccc(OCC(=O)Nc3ccccc3)cc2)NC1=O. The third-order valence-corrected chi connectivity index (χ3v) is 8.37. The third-order valence-electron chi connectivity index (χ3n) is 8.37. The molecule has 2 aliphatic rings. The van der Waals surface area contributed by atoms with E-state index in [1.165, 1.54) is 4.90 Å². The first-order valence-electron chi connectivity index (χ1n) is 15.5. The van der Waals surface area contributed by atoms with E-state index in [0.29, 0.717) is 50.1 Å². The van der Waals surface area contributed by atoms with Crippen LogP contribution in [0.2, 0.25) is 0 Å². The molecule has 0 bridgehead atoms. The number of nitrogens with zero attached hydrogens (tertiary/aromatic N) is 1. The van der Waals surface area contributed by atoms with Gasteiger partial charge in [0.15, 0.2) is 6.61 Å². The van der Waals surface area contributed by atoms with Crippen molar-refractivity contribution < 1.29 is 33.8 Å². The summed E-state index contributed by atoms with van der Waals surface area (Å²) < 4.78 is 5.62. The number of para-hydroxylation sites is 1. The van der Waals surface area contributed by atoms with E-state index in [9.17, 15) is 29.1 Å². The average Bonchev–Trinajstić information content (AvgIpc) is 3.53. The van der Waals surface area contributed by atoms with Gasteiger partial charge in [-0.15, -0.1) is 0 Å². The highest BCUT2D eigenvalue weighted by Gasteiger charge is 2.43. The Bertz CT molecular complexity index is 1350. The fourth-order valence-electron chi connectivity index (χ4n) is 5.51. The molecule has 0 saturated carbocycles. The lowest BCUT2D eigenvalue weighted by atomic mass is 9.94. The zero-order valence-corrected chi connectivity index (χ0v) is 25.8. The fraction of sp³-hybridized carbons (Fsp3) is 0.485. The molecular weight excluding hydrogens is 578 g/mol. The van der Waals surface area contributed by atoms with E-state index in [2.05, 4.69) is 21.3 Å². The molecule has 2 saturated heterocycles. The number of benzene rings is 2. The van der Waals surface area contributed by atoms with Gasteiger partial charge in [-0.05, 0) is 75.3 Å². The van der Waals surface area contributed by atoms with Crippen LogP contribution in [0.1, 0.15) is 57.9 Å². The van der Waals surface area contributed by atoms with Gasteiger partial charge < -0.3 is 36.0 Å². The Morgan fingerprint density at radius 3 is 2.42 bits per heavy atom. The quantitative estimate of drug-likeness (QED) is 0.238. The van der Waals surface area contributed by atoms with Crippen molar-refractivity contribution in [3.8, 4) is 5.75 Å². The van der Waals surface area contributed by atoms with Gasteiger partial charge in [0.25, 0.3) is 5.91 Å². The molecule has 0 radical (unpaired) electrons. The number of anilines is 1. The van der Waals surface area contributed by atoms with Crippen molar-refractivity contribution in [2.45, 2.75) is 82.5 Å². The molecule has 45 heavy (non-hydrogen) atoms. The number of hydrogen-bond acceptors (Lipinski definition) is 7. The van der Waals surface area contributed by atoms with Crippen molar-refractivity contribution in [1.82, 2.24) is 20.9 Å². The average molecular weight is 622 g/mol. The van der Waals surface area contributed by atoms with Gasteiger partial charge in [-0.2, -0.15) is 0 Å². The van der Waals surface area contributed by atoms with Gasteiger partial charge in [-0.25, -0.2) is 0 Å². The summed E-state index contributed by atoms with van der Waals surface area (Å²) >= 11 is 0. The van der Waals surface area contributed by atoms with E-state index in [0.717, 1.165) is 5.56 Å². The van der Waals surface area contributed by atoms with Crippen molar-refractivity contribution in [3.63, 3.8) is 0 Å². The van der Waals surface area contributed by atoms with Gasteiger partial charge >= 0.3 is 0 Å². The Labute approximate surface area is 263 Å². The number of amides is 5. The van der Waals surface area contributed by atoms with Gasteiger partial charge in [0.2, 0.25) is 23.6 Å². The minimum absolute atomic E-state index is 0.0364. The van der Waals surface area contributed by atoms with E-state index in [1.807, 2.05) is 18.2 Å². The number of aliphatic hydroxyl groups is 1. The molecule has 4 rings (SSSR count). The summed E-state index contributed by atoms with van der Waals surface area (Å²) in [5, 5.41) is 20.5. The van der Waals surface area contributed by atoms with Gasteiger partial charge in [0.05, 0.1) is 0 Å². The summed E-state index contributed by atoms with van der Waals surface area (Å²) in [7, 11) is 0. The summed E-state index contributed by atoms with van der Waals surface area (Å²) in [6.07, 6.45) is 2.71. The number of carbonyl (C=O) groups excluding carboxylic acids is 5. The maximum absolute atomic E-state index is 13.9. The monoisotopic (exact) mass is 621 g/mol. The van der Waals surface area contributed by atoms with Crippen LogP contribution in [0.3, 0.4) is 0 Å². The molecular formula is C33H43N5O7. The van der Waals surface area contributed by atoms with Crippen molar-refractivity contribution in [1.29, 1.82) is 0 Å². The third kappa shape index (κ3) is 8.81. The number of fused-ring (bicyclic) bond motifs is 1. The smallest absolute Gasteiger partial charge is 0.262 e. The molecule has 2 fully saturated rings. The van der Waals surface area contributed by atoms with Crippen molar-refractivity contribution in [2.24, 2.45) is 0 Å². The molecule has 0 unspecified atom stereocenters. The molecule has 0 spiro atoms. The summed E-state index contributed by atoms with van der Waals surface area (Å²) in [5.74, 6) is -1.62. The topological polar surface area (TPSA) is 166 Å². The van der Waals surface area contributed by atoms with Crippen molar-refractivity contribution >= 4 is 35.2 Å². The second-order valence-electron chi connectivity index (χ2n) is 11.7. The zero-order valence-electron chi connectivity index (χ0n) is 25.8. The summed E-state index contributed by atoms with van der Waals surface area (Å²) in [6.45, 7) is 3.49. The molecule has 12 nitrogen and oxygen atoms in total. The molecule has 2 heterocycles. The second kappa shape index (κ2) is 15.5. The van der Waals surface area contributed by atoms with Crippen LogP contribution in [-0.4, -0.2) is 83.0 Å². The van der Waals surface area contributed by atoms with Crippen molar-refractivity contribution in [3.05, 3.63) is 60.2 Å². The fourth-order valence-corrected chi connectivity index (χ4v) is 5.51. The Hall–Kier alpha value is -4.45. The highest BCUT2D eigenvalue weighted by Crippen LogP contribution is 2.23. The minimum Gasteiger partial charge on any atom is -0.484 e. The van der Waals surface area contributed by atoms with Crippen LogP contribution < -0.4 is 26.0 Å². The molecule has 2 aromatic rings. The molecule has 5 amide bonds. The van der Waals surface area contributed by atoms with Crippen LogP contribution >= 0.6 is 0 Å². The number of hydrogen-bond donors (Lipinski definition) is 5. The van der Waals surface area contributed by atoms with Gasteiger partial charge in [-0.1, -0.05) is 37.3 Å². The Morgan fingerprint density at radius 2 is 1.73 bits per heavy atom. The molecule has 0 aromatic heterocycles. The largest absolute Gasteiger partial charge is 0.484 e. The lowest BCUT2D eigenvalue weighted by Gasteiger charge is -2.36. The summed E-state index contributed by atoms with van der Waals surface area (Å²) in [6, 6.07) is 13.3. The molecule has 4 atom stereocenters. The van der Waals surface area contributed by atoms with E-state index in [1.54, 1.807) is 50.2 Å². The highest BCUT2D eigenvalue weighted by atomic mass is 16.5. The van der Waals surface area contributed by atoms with Crippen LogP contribution in [0.15, 0.2) is 54.6 Å². The molecule has 242 valence electrons. The highest BCUT2D eigenvalue weighted by molar-refractivity contribution is 5.99. The molecule has 5 N–H and O–H groups in total. The van der Waals surface area contributed by atoms with Crippen LogP contribution in [-0.2, 0) is 30.4 Å². The van der Waals surface area contributed by atoms with Crippen LogP contribution in [0.4, 0.5) is 5.69 Å². The number of carbonyl (C=O) groups is 5. The molecule has 12 heteroatoms. The van der Waals surface area contributed by atoms with E-state index in [4.69, 9.17) is 4.74 Å². The van der Waals surface area contributed by atoms with Crippen LogP contribution in [0.25, 0.3) is 0 Å². The minimum atomic E-state index is -1.34. The number of nitrogens with one attached hydrogen (secondary N) is 4. The van der Waals surface area contributed by atoms with Crippen LogP contribution in [0, 0.1) is 0 Å². The first kappa shape index (κ1) is 33.4.